The van der Waals surface area contributed by atoms with Gasteiger partial charge in [-0.05, 0) is 13.3 Å². The monoisotopic (exact) mass is 304 g/mol. The van der Waals surface area contributed by atoms with E-state index >= 15 is 0 Å². The van der Waals surface area contributed by atoms with Crippen molar-refractivity contribution in [2.45, 2.75) is 32.7 Å². The molecule has 1 aromatic carbocycles. The Morgan fingerprint density at radius 1 is 1.33 bits per heavy atom. The number of nitrogens with one attached hydrogen (secondary N) is 2. The first-order valence-corrected chi connectivity index (χ1v) is 7.88. The van der Waals surface area contributed by atoms with Crippen LogP contribution in [0.1, 0.15) is 26.7 Å². The molecule has 0 bridgehead atoms. The molecule has 21 heavy (non-hydrogen) atoms. The highest BCUT2D eigenvalue weighted by Crippen LogP contribution is 2.20. The molecule has 0 aliphatic rings. The predicted octanol–water partition coefficient (Wildman–Crippen LogP) is 2.92. The lowest BCUT2D eigenvalue weighted by Gasteiger charge is -2.11. The van der Waals surface area contributed by atoms with Crippen molar-refractivity contribution in [3.63, 3.8) is 0 Å². The quantitative estimate of drug-likeness (QED) is 0.825. The molecule has 1 aromatic heterocycles. The topological polar surface area (TPSA) is 66.9 Å². The van der Waals surface area contributed by atoms with E-state index in [-0.39, 0.29) is 11.9 Å². The van der Waals surface area contributed by atoms with Crippen LogP contribution in [0.4, 0.5) is 5.13 Å². The molecule has 5 nitrogen and oxygen atoms in total. The van der Waals surface area contributed by atoms with Crippen molar-refractivity contribution in [2.75, 3.05) is 11.9 Å². The first-order chi connectivity index (χ1) is 10.2. The molecule has 0 radical (unpaired) electrons. The minimum Gasteiger partial charge on any atom is -0.360 e. The van der Waals surface area contributed by atoms with Gasteiger partial charge in [-0.25, -0.2) is 0 Å². The van der Waals surface area contributed by atoms with Crippen molar-refractivity contribution >= 4 is 22.6 Å². The van der Waals surface area contributed by atoms with Gasteiger partial charge in [0.15, 0.2) is 5.82 Å². The van der Waals surface area contributed by atoms with Crippen LogP contribution in [-0.2, 0) is 4.79 Å². The highest BCUT2D eigenvalue weighted by Gasteiger charge is 2.08. The molecule has 0 saturated heterocycles. The van der Waals surface area contributed by atoms with Gasteiger partial charge in [0.25, 0.3) is 0 Å². The fraction of sp³-hybridized carbons (Fsp3) is 0.400. The van der Waals surface area contributed by atoms with Crippen LogP contribution in [0.15, 0.2) is 30.3 Å². The van der Waals surface area contributed by atoms with Crippen molar-refractivity contribution in [2.24, 2.45) is 0 Å². The molecule has 2 rings (SSSR count). The molecule has 0 aliphatic carbocycles. The maximum atomic E-state index is 11.6. The second kappa shape index (κ2) is 7.73. The molecule has 6 heteroatoms. The van der Waals surface area contributed by atoms with Crippen molar-refractivity contribution < 1.29 is 4.79 Å². The molecule has 1 heterocycles. The minimum absolute atomic E-state index is 0.0599. The molecule has 0 aliphatic heterocycles. The molecule has 0 fully saturated rings. The number of carbonyl (C=O) groups excluding carboxylic acids is 1. The zero-order chi connectivity index (χ0) is 15.1. The zero-order valence-electron chi connectivity index (χ0n) is 12.3. The molecular weight excluding hydrogens is 284 g/mol. The van der Waals surface area contributed by atoms with Crippen LogP contribution < -0.4 is 10.6 Å². The number of amides is 1. The number of carbonyl (C=O) groups is 1. The van der Waals surface area contributed by atoms with E-state index in [1.54, 1.807) is 0 Å². The van der Waals surface area contributed by atoms with Gasteiger partial charge >= 0.3 is 0 Å². The third-order valence-electron chi connectivity index (χ3n) is 3.11. The molecule has 1 amide bonds. The summed E-state index contributed by atoms with van der Waals surface area (Å²) in [5.41, 5.74) is 0.997. The Bertz CT molecular complexity index is 570. The number of aromatic nitrogens is 2. The fourth-order valence-electron chi connectivity index (χ4n) is 1.73. The number of hydrogen-bond acceptors (Lipinski definition) is 5. The Labute approximate surface area is 129 Å². The molecule has 2 aromatic rings. The van der Waals surface area contributed by atoms with Gasteiger partial charge < -0.3 is 10.6 Å². The number of anilines is 1. The third-order valence-corrected chi connectivity index (χ3v) is 3.78. The van der Waals surface area contributed by atoms with Crippen LogP contribution in [0, 0.1) is 0 Å². The van der Waals surface area contributed by atoms with Gasteiger partial charge in [-0.2, -0.15) is 9.36 Å². The Morgan fingerprint density at radius 2 is 2.10 bits per heavy atom. The van der Waals surface area contributed by atoms with Crippen LogP contribution in [-0.4, -0.2) is 27.9 Å². The molecule has 1 atom stereocenters. The highest BCUT2D eigenvalue weighted by atomic mass is 32.1. The van der Waals surface area contributed by atoms with Gasteiger partial charge in [0.2, 0.25) is 11.0 Å². The third kappa shape index (κ3) is 4.82. The van der Waals surface area contributed by atoms with E-state index < -0.39 is 0 Å². The van der Waals surface area contributed by atoms with E-state index in [4.69, 9.17) is 0 Å². The van der Waals surface area contributed by atoms with Crippen molar-refractivity contribution in [1.82, 2.24) is 14.7 Å². The smallest absolute Gasteiger partial charge is 0.221 e. The zero-order valence-corrected chi connectivity index (χ0v) is 13.1. The van der Waals surface area contributed by atoms with Crippen molar-refractivity contribution in [1.29, 1.82) is 0 Å². The standard InChI is InChI=1S/C15H20N4OS/c1-3-11(2)17-13(20)9-10-16-15-18-14(19-21-15)12-7-5-4-6-8-12/h4-8,11H,3,9-10H2,1-2H3,(H,17,20)(H,16,18,19). The fourth-order valence-corrected chi connectivity index (χ4v) is 2.34. The Hall–Kier alpha value is -1.95. The second-order valence-corrected chi connectivity index (χ2v) is 5.59. The summed E-state index contributed by atoms with van der Waals surface area (Å²) in [4.78, 5) is 16.1. The normalized spacial score (nSPS) is 11.9. The summed E-state index contributed by atoms with van der Waals surface area (Å²) in [6.45, 7) is 4.61. The van der Waals surface area contributed by atoms with Gasteiger partial charge in [0, 0.05) is 36.1 Å². The Balaban J connectivity index is 1.80. The highest BCUT2D eigenvalue weighted by molar-refractivity contribution is 7.09. The SMILES string of the molecule is CCC(C)NC(=O)CCNc1nc(-c2ccccc2)ns1. The number of nitrogens with zero attached hydrogens (tertiary/aromatic N) is 2. The number of hydrogen-bond donors (Lipinski definition) is 2. The average molecular weight is 304 g/mol. The summed E-state index contributed by atoms with van der Waals surface area (Å²) < 4.78 is 4.31. The van der Waals surface area contributed by atoms with Crippen LogP contribution in [0.3, 0.4) is 0 Å². The molecule has 1 unspecified atom stereocenters. The Morgan fingerprint density at radius 3 is 2.81 bits per heavy atom. The first-order valence-electron chi connectivity index (χ1n) is 7.11. The molecule has 0 saturated carbocycles. The van der Waals surface area contributed by atoms with Crippen LogP contribution in [0.5, 0.6) is 0 Å². The largest absolute Gasteiger partial charge is 0.360 e. The van der Waals surface area contributed by atoms with Gasteiger partial charge in [0.05, 0.1) is 0 Å². The summed E-state index contributed by atoms with van der Waals surface area (Å²) in [5, 5.41) is 6.82. The summed E-state index contributed by atoms with van der Waals surface area (Å²) in [7, 11) is 0. The van der Waals surface area contributed by atoms with Gasteiger partial charge in [-0.1, -0.05) is 37.3 Å². The van der Waals surface area contributed by atoms with Crippen LogP contribution >= 0.6 is 11.5 Å². The average Bonchev–Trinajstić information content (AvgIpc) is 2.97. The van der Waals surface area contributed by atoms with Crippen molar-refractivity contribution in [3.05, 3.63) is 30.3 Å². The van der Waals surface area contributed by atoms with E-state index in [0.717, 1.165) is 17.1 Å². The summed E-state index contributed by atoms with van der Waals surface area (Å²) in [6.07, 6.45) is 1.38. The lowest BCUT2D eigenvalue weighted by atomic mass is 10.2. The van der Waals surface area contributed by atoms with Gasteiger partial charge in [-0.3, -0.25) is 4.79 Å². The number of rotatable bonds is 7. The van der Waals surface area contributed by atoms with Gasteiger partial charge in [-0.15, -0.1) is 0 Å². The van der Waals surface area contributed by atoms with Gasteiger partial charge in [0.1, 0.15) is 0 Å². The first kappa shape index (κ1) is 15.4. The Kier molecular flexibility index (Phi) is 5.68. The van der Waals surface area contributed by atoms with E-state index in [0.29, 0.717) is 18.8 Å². The molecule has 112 valence electrons. The maximum Gasteiger partial charge on any atom is 0.221 e. The molecule has 0 spiro atoms. The van der Waals surface area contributed by atoms with Crippen LogP contribution in [0.2, 0.25) is 0 Å². The second-order valence-electron chi connectivity index (χ2n) is 4.84. The lowest BCUT2D eigenvalue weighted by molar-refractivity contribution is -0.121. The number of benzene rings is 1. The summed E-state index contributed by atoms with van der Waals surface area (Å²) in [5.74, 6) is 0.775. The van der Waals surface area contributed by atoms with Crippen LogP contribution in [0.25, 0.3) is 11.4 Å². The van der Waals surface area contributed by atoms with E-state index in [2.05, 4.69) is 26.9 Å². The predicted molar refractivity (Wildman–Crippen MR) is 86.3 cm³/mol. The molecule has 2 N–H and O–H groups in total. The summed E-state index contributed by atoms with van der Waals surface area (Å²) in [6, 6.07) is 10.1. The summed E-state index contributed by atoms with van der Waals surface area (Å²) >= 11 is 1.31. The minimum atomic E-state index is 0.0599. The lowest BCUT2D eigenvalue weighted by Crippen LogP contribution is -2.32. The van der Waals surface area contributed by atoms with E-state index in [9.17, 15) is 4.79 Å². The maximum absolute atomic E-state index is 11.6. The van der Waals surface area contributed by atoms with E-state index in [1.165, 1.54) is 11.5 Å². The van der Waals surface area contributed by atoms with E-state index in [1.807, 2.05) is 37.3 Å². The van der Waals surface area contributed by atoms with Crippen molar-refractivity contribution in [3.8, 4) is 11.4 Å². The molecular formula is C15H20N4OS.